The smallest absolute Gasteiger partial charge is 0.251 e. The fourth-order valence-electron chi connectivity index (χ4n) is 2.46. The van der Waals surface area contributed by atoms with Crippen LogP contribution in [-0.4, -0.2) is 51.1 Å². The topological polar surface area (TPSA) is 35.6 Å². The van der Waals surface area contributed by atoms with E-state index >= 15 is 0 Å². The summed E-state index contributed by atoms with van der Waals surface area (Å²) in [6.07, 6.45) is 2.23. The van der Waals surface area contributed by atoms with E-state index in [0.717, 1.165) is 37.2 Å². The lowest BCUT2D eigenvalue weighted by molar-refractivity contribution is 0.0912. The van der Waals surface area contributed by atoms with Crippen molar-refractivity contribution in [3.8, 4) is 0 Å². The van der Waals surface area contributed by atoms with Crippen molar-refractivity contribution in [2.45, 2.75) is 18.9 Å². The summed E-state index contributed by atoms with van der Waals surface area (Å²) >= 11 is 0. The van der Waals surface area contributed by atoms with Crippen LogP contribution in [-0.2, 0) is 0 Å². The summed E-state index contributed by atoms with van der Waals surface area (Å²) < 4.78 is 0. The van der Waals surface area contributed by atoms with E-state index in [1.807, 2.05) is 43.3 Å². The average Bonchev–Trinajstić information content (AvgIpc) is 2.39. The monoisotopic (exact) mass is 261 g/mol. The van der Waals surface area contributed by atoms with E-state index in [-0.39, 0.29) is 11.9 Å². The van der Waals surface area contributed by atoms with Crippen molar-refractivity contribution in [3.05, 3.63) is 29.8 Å². The van der Waals surface area contributed by atoms with Gasteiger partial charge in [-0.1, -0.05) is 0 Å². The van der Waals surface area contributed by atoms with Crippen molar-refractivity contribution in [3.63, 3.8) is 0 Å². The zero-order valence-electron chi connectivity index (χ0n) is 12.0. The number of likely N-dealkylation sites (N-methyl/N-ethyl adjacent to an activating group) is 1. The molecule has 2 rings (SSSR count). The molecule has 0 aromatic heterocycles. The molecule has 1 aromatic carbocycles. The quantitative estimate of drug-likeness (QED) is 0.897. The van der Waals surface area contributed by atoms with Crippen LogP contribution in [0.3, 0.4) is 0 Å². The molecule has 1 saturated heterocycles. The first-order valence-electron chi connectivity index (χ1n) is 6.83. The molecule has 104 valence electrons. The first kappa shape index (κ1) is 13.9. The summed E-state index contributed by atoms with van der Waals surface area (Å²) in [5.41, 5.74) is 1.84. The number of anilines is 1. The van der Waals surface area contributed by atoms with Gasteiger partial charge in [0.15, 0.2) is 0 Å². The maximum Gasteiger partial charge on any atom is 0.251 e. The Bertz CT molecular complexity index is 428. The summed E-state index contributed by atoms with van der Waals surface area (Å²) in [4.78, 5) is 16.5. The van der Waals surface area contributed by atoms with Gasteiger partial charge in [-0.15, -0.1) is 0 Å². The third-order valence-electron chi connectivity index (χ3n) is 3.61. The van der Waals surface area contributed by atoms with Crippen molar-refractivity contribution in [2.75, 3.05) is 39.1 Å². The fourth-order valence-corrected chi connectivity index (χ4v) is 2.46. The van der Waals surface area contributed by atoms with Crippen LogP contribution in [0.25, 0.3) is 0 Å². The SMILES string of the molecule is CN1CCCC(NC(=O)c2ccc(N(C)C)cc2)C1. The number of likely N-dealkylation sites (tertiary alicyclic amines) is 1. The number of hydrogen-bond donors (Lipinski definition) is 1. The van der Waals surface area contributed by atoms with Crippen LogP contribution in [0.2, 0.25) is 0 Å². The third kappa shape index (κ3) is 3.70. The van der Waals surface area contributed by atoms with Gasteiger partial charge in [-0.3, -0.25) is 4.79 Å². The van der Waals surface area contributed by atoms with E-state index in [1.165, 1.54) is 0 Å². The predicted octanol–water partition coefficient (Wildman–Crippen LogP) is 1.58. The van der Waals surface area contributed by atoms with Crippen LogP contribution < -0.4 is 10.2 Å². The molecule has 1 atom stereocenters. The largest absolute Gasteiger partial charge is 0.378 e. The van der Waals surface area contributed by atoms with E-state index in [1.54, 1.807) is 0 Å². The van der Waals surface area contributed by atoms with E-state index in [0.29, 0.717) is 0 Å². The molecular formula is C15H23N3O. The van der Waals surface area contributed by atoms with Gasteiger partial charge in [0.05, 0.1) is 0 Å². The molecule has 1 aliphatic rings. The van der Waals surface area contributed by atoms with Gasteiger partial charge in [0.25, 0.3) is 5.91 Å². The highest BCUT2D eigenvalue weighted by Gasteiger charge is 2.19. The number of nitrogens with one attached hydrogen (secondary N) is 1. The van der Waals surface area contributed by atoms with E-state index in [2.05, 4.69) is 17.3 Å². The minimum atomic E-state index is 0.0330. The maximum atomic E-state index is 12.2. The normalized spacial score (nSPS) is 20.1. The Hall–Kier alpha value is -1.55. The van der Waals surface area contributed by atoms with Crippen LogP contribution in [0.15, 0.2) is 24.3 Å². The molecule has 0 radical (unpaired) electrons. The molecule has 1 aliphatic heterocycles. The number of carbonyl (C=O) groups excluding carboxylic acids is 1. The summed E-state index contributed by atoms with van der Waals surface area (Å²) in [5.74, 6) is 0.0330. The molecule has 0 aliphatic carbocycles. The fraction of sp³-hybridized carbons (Fsp3) is 0.533. The van der Waals surface area contributed by atoms with Gasteiger partial charge in [-0.05, 0) is 50.7 Å². The summed E-state index contributed by atoms with van der Waals surface area (Å²) in [6.45, 7) is 2.07. The van der Waals surface area contributed by atoms with Crippen LogP contribution >= 0.6 is 0 Å². The zero-order chi connectivity index (χ0) is 13.8. The average molecular weight is 261 g/mol. The Labute approximate surface area is 115 Å². The van der Waals surface area contributed by atoms with Gasteiger partial charge in [-0.25, -0.2) is 0 Å². The van der Waals surface area contributed by atoms with Crippen LogP contribution in [0.5, 0.6) is 0 Å². The van der Waals surface area contributed by atoms with E-state index in [4.69, 9.17) is 0 Å². The minimum Gasteiger partial charge on any atom is -0.378 e. The van der Waals surface area contributed by atoms with Crippen molar-refractivity contribution in [2.24, 2.45) is 0 Å². The molecule has 0 saturated carbocycles. The molecular weight excluding hydrogens is 238 g/mol. The van der Waals surface area contributed by atoms with Gasteiger partial charge in [0, 0.05) is 37.9 Å². The highest BCUT2D eigenvalue weighted by molar-refractivity contribution is 5.94. The lowest BCUT2D eigenvalue weighted by Gasteiger charge is -2.30. The number of piperidine rings is 1. The second-order valence-electron chi connectivity index (χ2n) is 5.52. The Kier molecular flexibility index (Phi) is 4.43. The molecule has 19 heavy (non-hydrogen) atoms. The van der Waals surface area contributed by atoms with Gasteiger partial charge in [-0.2, -0.15) is 0 Å². The molecule has 4 heteroatoms. The van der Waals surface area contributed by atoms with Crippen molar-refractivity contribution in [1.82, 2.24) is 10.2 Å². The van der Waals surface area contributed by atoms with Crippen molar-refractivity contribution >= 4 is 11.6 Å². The predicted molar refractivity (Wildman–Crippen MR) is 78.8 cm³/mol. The second kappa shape index (κ2) is 6.06. The van der Waals surface area contributed by atoms with Crippen molar-refractivity contribution < 1.29 is 4.79 Å². The molecule has 1 amide bonds. The number of nitrogens with zero attached hydrogens (tertiary/aromatic N) is 2. The Balaban J connectivity index is 1.95. The Morgan fingerprint density at radius 3 is 2.58 bits per heavy atom. The van der Waals surface area contributed by atoms with Gasteiger partial charge in [0.2, 0.25) is 0 Å². The van der Waals surface area contributed by atoms with Gasteiger partial charge < -0.3 is 15.1 Å². The highest BCUT2D eigenvalue weighted by Crippen LogP contribution is 2.13. The number of amides is 1. The van der Waals surface area contributed by atoms with Crippen LogP contribution in [0.4, 0.5) is 5.69 Å². The Morgan fingerprint density at radius 1 is 1.32 bits per heavy atom. The number of benzene rings is 1. The summed E-state index contributed by atoms with van der Waals surface area (Å²) in [5, 5.41) is 3.12. The molecule has 0 bridgehead atoms. The lowest BCUT2D eigenvalue weighted by atomic mass is 10.1. The maximum absolute atomic E-state index is 12.2. The standard InChI is InChI=1S/C15H23N3O/c1-17(2)14-8-6-12(7-9-14)15(19)16-13-5-4-10-18(3)11-13/h6-9,13H,4-5,10-11H2,1-3H3,(H,16,19). The third-order valence-corrected chi connectivity index (χ3v) is 3.61. The molecule has 1 heterocycles. The molecule has 1 fully saturated rings. The first-order chi connectivity index (χ1) is 9.06. The Morgan fingerprint density at radius 2 is 2.00 bits per heavy atom. The summed E-state index contributed by atoms with van der Waals surface area (Å²) in [6, 6.07) is 8.00. The number of carbonyl (C=O) groups is 1. The second-order valence-corrected chi connectivity index (χ2v) is 5.52. The zero-order valence-corrected chi connectivity index (χ0v) is 12.0. The summed E-state index contributed by atoms with van der Waals surface area (Å²) in [7, 11) is 6.09. The molecule has 0 spiro atoms. The first-order valence-corrected chi connectivity index (χ1v) is 6.83. The van der Waals surface area contributed by atoms with E-state index in [9.17, 15) is 4.79 Å². The molecule has 1 unspecified atom stereocenters. The van der Waals surface area contributed by atoms with Gasteiger partial charge >= 0.3 is 0 Å². The van der Waals surface area contributed by atoms with E-state index < -0.39 is 0 Å². The minimum absolute atomic E-state index is 0.0330. The van der Waals surface area contributed by atoms with Gasteiger partial charge in [0.1, 0.15) is 0 Å². The van der Waals surface area contributed by atoms with Crippen molar-refractivity contribution in [1.29, 1.82) is 0 Å². The molecule has 4 nitrogen and oxygen atoms in total. The van der Waals surface area contributed by atoms with Crippen LogP contribution in [0.1, 0.15) is 23.2 Å². The molecule has 1 N–H and O–H groups in total. The lowest BCUT2D eigenvalue weighted by Crippen LogP contribution is -2.46. The molecule has 1 aromatic rings. The number of hydrogen-bond acceptors (Lipinski definition) is 3. The van der Waals surface area contributed by atoms with Crippen LogP contribution in [0, 0.1) is 0 Å². The highest BCUT2D eigenvalue weighted by atomic mass is 16.1. The number of rotatable bonds is 3.